The predicted molar refractivity (Wildman–Crippen MR) is 66.7 cm³/mol. The van der Waals surface area contributed by atoms with Crippen molar-refractivity contribution in [2.75, 3.05) is 26.7 Å². The molecule has 2 rings (SSSR count). The number of hydrogen-bond donors (Lipinski definition) is 1. The van der Waals surface area contributed by atoms with Gasteiger partial charge in [-0.2, -0.15) is 0 Å². The molecule has 3 atom stereocenters. The maximum Gasteiger partial charge on any atom is 0.0625 e. The highest BCUT2D eigenvalue weighted by molar-refractivity contribution is 4.78. The summed E-state index contributed by atoms with van der Waals surface area (Å²) in [6.45, 7) is 5.55. The highest BCUT2D eigenvalue weighted by atomic mass is 16.5. The lowest BCUT2D eigenvalue weighted by Crippen LogP contribution is -2.43. The van der Waals surface area contributed by atoms with Gasteiger partial charge in [-0.15, -0.1) is 0 Å². The number of rotatable bonds is 3. The Morgan fingerprint density at radius 1 is 1.31 bits per heavy atom. The Morgan fingerprint density at radius 2 is 2.19 bits per heavy atom. The van der Waals surface area contributed by atoms with Gasteiger partial charge in [-0.25, -0.2) is 0 Å². The van der Waals surface area contributed by atoms with Crippen LogP contribution in [0.1, 0.15) is 39.0 Å². The Balaban J connectivity index is 1.69. The van der Waals surface area contributed by atoms with Crippen LogP contribution in [0.15, 0.2) is 0 Å². The molecule has 0 spiro atoms. The van der Waals surface area contributed by atoms with Crippen molar-refractivity contribution in [1.29, 1.82) is 0 Å². The number of piperidine rings is 2. The minimum atomic E-state index is 0.492. The predicted octanol–water partition coefficient (Wildman–Crippen LogP) is 1.63. The van der Waals surface area contributed by atoms with E-state index < -0.39 is 0 Å². The second-order valence-corrected chi connectivity index (χ2v) is 5.47. The molecule has 3 heteroatoms. The van der Waals surface area contributed by atoms with Gasteiger partial charge in [0.25, 0.3) is 0 Å². The summed E-state index contributed by atoms with van der Waals surface area (Å²) in [4.78, 5) is 2.47. The van der Waals surface area contributed by atoms with E-state index in [1.165, 1.54) is 38.6 Å². The van der Waals surface area contributed by atoms with Crippen LogP contribution in [0.2, 0.25) is 0 Å². The number of ether oxygens (including phenoxy) is 1. The number of nitrogens with one attached hydrogen (secondary N) is 1. The molecule has 94 valence electrons. The number of likely N-dealkylation sites (tertiary alicyclic amines) is 1. The number of hydrogen-bond acceptors (Lipinski definition) is 3. The van der Waals surface area contributed by atoms with Crippen LogP contribution in [0.25, 0.3) is 0 Å². The monoisotopic (exact) mass is 226 g/mol. The largest absolute Gasteiger partial charge is 0.376 e. The third kappa shape index (κ3) is 3.44. The molecule has 0 aromatic rings. The molecule has 0 aromatic carbocycles. The summed E-state index contributed by atoms with van der Waals surface area (Å²) in [5, 5.41) is 3.47. The van der Waals surface area contributed by atoms with E-state index in [1.807, 2.05) is 0 Å². The van der Waals surface area contributed by atoms with E-state index in [9.17, 15) is 0 Å². The van der Waals surface area contributed by atoms with E-state index in [2.05, 4.69) is 24.2 Å². The van der Waals surface area contributed by atoms with Crippen molar-refractivity contribution in [2.45, 2.75) is 57.2 Å². The molecule has 0 saturated carbocycles. The molecule has 1 N–H and O–H groups in total. The van der Waals surface area contributed by atoms with Crippen molar-refractivity contribution in [3.05, 3.63) is 0 Å². The van der Waals surface area contributed by atoms with Gasteiger partial charge >= 0.3 is 0 Å². The van der Waals surface area contributed by atoms with E-state index in [1.54, 1.807) is 0 Å². The molecule has 0 aromatic heterocycles. The van der Waals surface area contributed by atoms with Crippen LogP contribution in [0, 0.1) is 0 Å². The third-order valence-electron chi connectivity index (χ3n) is 4.02. The smallest absolute Gasteiger partial charge is 0.0625 e. The van der Waals surface area contributed by atoms with Gasteiger partial charge in [0, 0.05) is 12.1 Å². The summed E-state index contributed by atoms with van der Waals surface area (Å²) in [5.74, 6) is 0. The van der Waals surface area contributed by atoms with Gasteiger partial charge in [0.1, 0.15) is 0 Å². The van der Waals surface area contributed by atoms with E-state index in [-0.39, 0.29) is 0 Å². The number of likely N-dealkylation sites (N-methyl/N-ethyl adjacent to an activating group) is 1. The highest BCUT2D eigenvalue weighted by Crippen LogP contribution is 2.18. The fraction of sp³-hybridized carbons (Fsp3) is 1.00. The van der Waals surface area contributed by atoms with Crippen molar-refractivity contribution in [1.82, 2.24) is 10.2 Å². The maximum absolute atomic E-state index is 6.08. The summed E-state index contributed by atoms with van der Waals surface area (Å²) < 4.78 is 6.08. The van der Waals surface area contributed by atoms with Crippen LogP contribution >= 0.6 is 0 Å². The first-order valence-electron chi connectivity index (χ1n) is 6.81. The number of nitrogens with zero attached hydrogens (tertiary/aromatic N) is 1. The molecule has 2 saturated heterocycles. The molecule has 2 aliphatic heterocycles. The molecule has 2 aliphatic rings. The Morgan fingerprint density at radius 3 is 2.94 bits per heavy atom. The van der Waals surface area contributed by atoms with Crippen molar-refractivity contribution in [2.24, 2.45) is 0 Å². The Kier molecular flexibility index (Phi) is 4.62. The van der Waals surface area contributed by atoms with E-state index in [4.69, 9.17) is 4.74 Å². The molecule has 2 fully saturated rings. The molecule has 2 heterocycles. The van der Waals surface area contributed by atoms with Crippen LogP contribution < -0.4 is 5.32 Å². The molecule has 0 bridgehead atoms. The average Bonchev–Trinajstić information content (AvgIpc) is 2.28. The zero-order valence-corrected chi connectivity index (χ0v) is 10.7. The SMILES string of the molecule is CC1CC(OCC2CCCCN2C)CCN1. The fourth-order valence-corrected chi connectivity index (χ4v) is 2.84. The Bertz CT molecular complexity index is 210. The van der Waals surface area contributed by atoms with Crippen LogP contribution in [-0.4, -0.2) is 49.8 Å². The van der Waals surface area contributed by atoms with Gasteiger partial charge in [-0.3, -0.25) is 0 Å². The van der Waals surface area contributed by atoms with E-state index in [0.29, 0.717) is 18.2 Å². The first kappa shape index (κ1) is 12.3. The topological polar surface area (TPSA) is 24.5 Å². The highest BCUT2D eigenvalue weighted by Gasteiger charge is 2.23. The van der Waals surface area contributed by atoms with E-state index >= 15 is 0 Å². The van der Waals surface area contributed by atoms with E-state index in [0.717, 1.165) is 13.2 Å². The molecule has 0 radical (unpaired) electrons. The summed E-state index contributed by atoms with van der Waals surface area (Å²) in [5.41, 5.74) is 0. The lowest BCUT2D eigenvalue weighted by Gasteiger charge is -2.35. The van der Waals surface area contributed by atoms with Crippen LogP contribution in [0.3, 0.4) is 0 Å². The van der Waals surface area contributed by atoms with Crippen molar-refractivity contribution >= 4 is 0 Å². The molecule has 0 amide bonds. The standard InChI is InChI=1S/C13H26N2O/c1-11-9-13(6-7-14-11)16-10-12-5-3-4-8-15(12)2/h11-14H,3-10H2,1-2H3. The van der Waals surface area contributed by atoms with Gasteiger partial charge in [0.2, 0.25) is 0 Å². The molecular weight excluding hydrogens is 200 g/mol. The van der Waals surface area contributed by atoms with Crippen molar-refractivity contribution < 1.29 is 4.74 Å². The van der Waals surface area contributed by atoms with Crippen molar-refractivity contribution in [3.63, 3.8) is 0 Å². The average molecular weight is 226 g/mol. The second kappa shape index (κ2) is 5.99. The second-order valence-electron chi connectivity index (χ2n) is 5.47. The lowest BCUT2D eigenvalue weighted by molar-refractivity contribution is -0.0148. The summed E-state index contributed by atoms with van der Waals surface area (Å²) in [6.07, 6.45) is 6.90. The van der Waals surface area contributed by atoms with Crippen LogP contribution in [0.4, 0.5) is 0 Å². The molecule has 3 unspecified atom stereocenters. The van der Waals surface area contributed by atoms with Gasteiger partial charge in [0.05, 0.1) is 12.7 Å². The van der Waals surface area contributed by atoms with Gasteiger partial charge in [-0.1, -0.05) is 6.42 Å². The lowest BCUT2D eigenvalue weighted by atomic mass is 10.0. The van der Waals surface area contributed by atoms with Crippen molar-refractivity contribution in [3.8, 4) is 0 Å². The Labute approximate surface area is 99.5 Å². The first-order chi connectivity index (χ1) is 7.75. The minimum absolute atomic E-state index is 0.492. The molecular formula is C13H26N2O. The van der Waals surface area contributed by atoms with Gasteiger partial charge in [-0.05, 0) is 52.7 Å². The first-order valence-corrected chi connectivity index (χ1v) is 6.81. The van der Waals surface area contributed by atoms with Crippen LogP contribution in [-0.2, 0) is 4.74 Å². The summed E-state index contributed by atoms with van der Waals surface area (Å²) in [7, 11) is 2.23. The fourth-order valence-electron chi connectivity index (χ4n) is 2.84. The van der Waals surface area contributed by atoms with Crippen LogP contribution in [0.5, 0.6) is 0 Å². The van der Waals surface area contributed by atoms with Gasteiger partial charge < -0.3 is 15.0 Å². The zero-order chi connectivity index (χ0) is 11.4. The summed E-state index contributed by atoms with van der Waals surface area (Å²) in [6, 6.07) is 1.29. The molecule has 16 heavy (non-hydrogen) atoms. The normalized spacial score (nSPS) is 37.5. The summed E-state index contributed by atoms with van der Waals surface area (Å²) >= 11 is 0. The maximum atomic E-state index is 6.08. The third-order valence-corrected chi connectivity index (χ3v) is 4.02. The minimum Gasteiger partial charge on any atom is -0.376 e. The Hall–Kier alpha value is -0.120. The quantitative estimate of drug-likeness (QED) is 0.791. The molecule has 3 nitrogen and oxygen atoms in total. The molecule has 0 aliphatic carbocycles. The van der Waals surface area contributed by atoms with Gasteiger partial charge in [0.15, 0.2) is 0 Å². The zero-order valence-electron chi connectivity index (χ0n) is 10.7.